The van der Waals surface area contributed by atoms with Gasteiger partial charge in [0.2, 0.25) is 0 Å². The van der Waals surface area contributed by atoms with Crippen molar-refractivity contribution in [3.63, 3.8) is 0 Å². The number of likely N-dealkylation sites (N-methyl/N-ethyl adjacent to an activating group) is 1. The van der Waals surface area contributed by atoms with E-state index in [1.165, 1.54) is 23.9 Å². The van der Waals surface area contributed by atoms with E-state index in [0.717, 1.165) is 44.4 Å². The number of hydrogen-bond donors (Lipinski definition) is 0. The monoisotopic (exact) mass is 662 g/mol. The Morgan fingerprint density at radius 1 is 1.00 bits per heavy atom. The van der Waals surface area contributed by atoms with Crippen molar-refractivity contribution in [1.29, 1.82) is 0 Å². The van der Waals surface area contributed by atoms with Gasteiger partial charge in [-0.1, -0.05) is 12.1 Å². The van der Waals surface area contributed by atoms with Crippen molar-refractivity contribution < 1.29 is 27.1 Å². The number of piperazine rings is 2. The second-order valence-electron chi connectivity index (χ2n) is 13.1. The van der Waals surface area contributed by atoms with Crippen LogP contribution in [0.4, 0.5) is 28.2 Å². The lowest BCUT2D eigenvalue weighted by atomic mass is 9.96. The average molecular weight is 663 g/mol. The molecule has 248 valence electrons. The molecule has 1 amide bonds. The van der Waals surface area contributed by atoms with Gasteiger partial charge in [-0.2, -0.15) is 18.2 Å². The highest BCUT2D eigenvalue weighted by Crippen LogP contribution is 2.50. The van der Waals surface area contributed by atoms with Gasteiger partial charge in [0.15, 0.2) is 0 Å². The number of anilines is 1. The molecule has 0 saturated carbocycles. The van der Waals surface area contributed by atoms with Crippen molar-refractivity contribution in [1.82, 2.24) is 24.3 Å². The summed E-state index contributed by atoms with van der Waals surface area (Å²) in [5.74, 6) is -0.00158. The van der Waals surface area contributed by atoms with Crippen LogP contribution >= 0.6 is 11.8 Å². The topological polar surface area (TPSA) is 74.2 Å². The Morgan fingerprint density at radius 3 is 2.26 bits per heavy atom. The lowest BCUT2D eigenvalue weighted by molar-refractivity contribution is -0.137. The summed E-state index contributed by atoms with van der Waals surface area (Å²) in [5, 5.41) is 0.231. The van der Waals surface area contributed by atoms with Crippen LogP contribution in [0.2, 0.25) is 0 Å². The number of halogens is 4. The van der Waals surface area contributed by atoms with Gasteiger partial charge in [0.1, 0.15) is 17.2 Å². The second-order valence-corrected chi connectivity index (χ2v) is 14.2. The highest BCUT2D eigenvalue weighted by molar-refractivity contribution is 7.99. The summed E-state index contributed by atoms with van der Waals surface area (Å²) >= 11 is 1.30. The molecule has 14 heteroatoms. The summed E-state index contributed by atoms with van der Waals surface area (Å²) in [6, 6.07) is 5.77. The summed E-state index contributed by atoms with van der Waals surface area (Å²) in [5.41, 5.74) is -1.50. The first-order chi connectivity index (χ1) is 21.7. The third kappa shape index (κ3) is 6.56. The molecular formula is C32H38F4N6O3S. The normalized spacial score (nSPS) is 20.0. The molecule has 0 unspecified atom stereocenters. The van der Waals surface area contributed by atoms with Crippen LogP contribution in [0.25, 0.3) is 22.0 Å². The van der Waals surface area contributed by atoms with Gasteiger partial charge in [0.25, 0.3) is 0 Å². The molecule has 0 bridgehead atoms. The number of alkyl halides is 3. The Bertz CT molecular complexity index is 1680. The Balaban J connectivity index is 1.48. The molecule has 3 aliphatic heterocycles. The van der Waals surface area contributed by atoms with Gasteiger partial charge >= 0.3 is 18.0 Å². The number of nitrogens with zero attached hydrogens (tertiary/aromatic N) is 6. The van der Waals surface area contributed by atoms with Crippen LogP contribution in [0.3, 0.4) is 0 Å². The first-order valence-electron chi connectivity index (χ1n) is 15.4. The van der Waals surface area contributed by atoms with Gasteiger partial charge < -0.3 is 19.4 Å². The quantitative estimate of drug-likeness (QED) is 0.355. The number of carbonyl (C=O) groups excluding carboxylic acids is 1. The zero-order valence-corrected chi connectivity index (χ0v) is 27.2. The Morgan fingerprint density at radius 2 is 1.65 bits per heavy atom. The molecule has 1 atom stereocenters. The van der Waals surface area contributed by atoms with Crippen molar-refractivity contribution in [3.05, 3.63) is 52.2 Å². The molecule has 0 N–H and O–H groups in total. The van der Waals surface area contributed by atoms with Crippen molar-refractivity contribution in [2.24, 2.45) is 0 Å². The number of amides is 1. The third-order valence-electron chi connectivity index (χ3n) is 8.66. The van der Waals surface area contributed by atoms with Gasteiger partial charge in [0.05, 0.1) is 17.1 Å². The number of aromatic nitrogens is 2. The molecule has 0 spiro atoms. The van der Waals surface area contributed by atoms with Gasteiger partial charge in [-0.15, -0.1) is 11.8 Å². The molecule has 3 aliphatic rings. The summed E-state index contributed by atoms with van der Waals surface area (Å²) in [7, 11) is 2.06. The first kappa shape index (κ1) is 32.6. The fourth-order valence-corrected chi connectivity index (χ4v) is 7.68. The van der Waals surface area contributed by atoms with E-state index in [1.807, 2.05) is 0 Å². The van der Waals surface area contributed by atoms with E-state index < -0.39 is 34.9 Å². The van der Waals surface area contributed by atoms with Crippen LogP contribution in [-0.2, 0) is 10.9 Å². The summed E-state index contributed by atoms with van der Waals surface area (Å²) in [6.07, 6.45) is -5.21. The molecule has 1 aromatic heterocycles. The smallest absolute Gasteiger partial charge is 0.417 e. The fourth-order valence-electron chi connectivity index (χ4n) is 6.35. The predicted octanol–water partition coefficient (Wildman–Crippen LogP) is 5.17. The van der Waals surface area contributed by atoms with Crippen molar-refractivity contribution >= 4 is 34.6 Å². The molecule has 6 rings (SSSR count). The SMILES string of the molecule is CN1CCN(C[C@H]2CSc3c(-c4ccc(F)cc4)c(C(F)(F)F)cc4c(N5CCN(C(=O)OC(C)(C)C)CC5)nc(=O)n2c34)CC1. The maximum absolute atomic E-state index is 14.9. The standard InChI is InChI=1S/C32H38F4N6O3S/c1-31(2,3)45-30(44)41-15-13-40(14-16-41)28-23-17-24(32(34,35)36)25(20-5-7-21(33)8-6-20)27-26(23)42(29(43)37-28)22(19-46-27)18-39-11-9-38(4)10-12-39/h5-8,17,22H,9-16,18-19H2,1-4H3/t22-/m0/s1. The Labute approximate surface area is 269 Å². The van der Waals surface area contributed by atoms with Crippen LogP contribution in [0.1, 0.15) is 32.4 Å². The largest absolute Gasteiger partial charge is 0.444 e. The van der Waals surface area contributed by atoms with Gasteiger partial charge in [-0.3, -0.25) is 9.47 Å². The number of thioether (sulfide) groups is 1. The van der Waals surface area contributed by atoms with E-state index in [2.05, 4.69) is 21.8 Å². The number of rotatable bonds is 4. The lowest BCUT2D eigenvalue weighted by Gasteiger charge is -2.39. The van der Waals surface area contributed by atoms with E-state index in [0.29, 0.717) is 22.7 Å². The molecule has 0 aliphatic carbocycles. The van der Waals surface area contributed by atoms with E-state index >= 15 is 0 Å². The average Bonchev–Trinajstić information content (AvgIpc) is 2.99. The number of ether oxygens (including phenoxy) is 1. The van der Waals surface area contributed by atoms with E-state index in [-0.39, 0.29) is 54.6 Å². The third-order valence-corrected chi connectivity index (χ3v) is 9.90. The second kappa shape index (κ2) is 12.3. The minimum atomic E-state index is -4.74. The maximum atomic E-state index is 14.9. The maximum Gasteiger partial charge on any atom is 0.417 e. The summed E-state index contributed by atoms with van der Waals surface area (Å²) in [4.78, 5) is 39.3. The number of benzene rings is 2. The number of carbonyl (C=O) groups is 1. The number of hydrogen-bond acceptors (Lipinski definition) is 8. The summed E-state index contributed by atoms with van der Waals surface area (Å²) in [6.45, 7) is 10.4. The molecule has 2 fully saturated rings. The highest BCUT2D eigenvalue weighted by atomic mass is 32.2. The summed E-state index contributed by atoms with van der Waals surface area (Å²) < 4.78 is 65.6. The van der Waals surface area contributed by atoms with Gasteiger partial charge in [-0.25, -0.2) is 14.0 Å². The van der Waals surface area contributed by atoms with Crippen LogP contribution in [0, 0.1) is 5.82 Å². The molecule has 3 aromatic rings. The van der Waals surface area contributed by atoms with Crippen molar-refractivity contribution in [2.45, 2.75) is 43.5 Å². The van der Waals surface area contributed by atoms with Crippen LogP contribution in [-0.4, -0.2) is 108 Å². The predicted molar refractivity (Wildman–Crippen MR) is 170 cm³/mol. The molecule has 4 heterocycles. The Kier molecular flexibility index (Phi) is 8.74. The van der Waals surface area contributed by atoms with Crippen LogP contribution in [0.5, 0.6) is 0 Å². The molecular weight excluding hydrogens is 624 g/mol. The van der Waals surface area contributed by atoms with E-state index in [4.69, 9.17) is 4.74 Å². The molecule has 2 saturated heterocycles. The zero-order chi connectivity index (χ0) is 33.0. The molecule has 46 heavy (non-hydrogen) atoms. The minimum Gasteiger partial charge on any atom is -0.444 e. The fraction of sp³-hybridized carbons (Fsp3) is 0.531. The highest BCUT2D eigenvalue weighted by Gasteiger charge is 2.40. The van der Waals surface area contributed by atoms with Gasteiger partial charge in [-0.05, 0) is 51.6 Å². The van der Waals surface area contributed by atoms with Crippen molar-refractivity contribution in [2.75, 3.05) is 76.6 Å². The van der Waals surface area contributed by atoms with E-state index in [9.17, 15) is 27.2 Å². The molecule has 2 aromatic carbocycles. The van der Waals surface area contributed by atoms with Crippen LogP contribution in [0.15, 0.2) is 40.0 Å². The Hall–Kier alpha value is -3.36. The van der Waals surface area contributed by atoms with Crippen molar-refractivity contribution in [3.8, 4) is 11.1 Å². The molecule has 9 nitrogen and oxygen atoms in total. The van der Waals surface area contributed by atoms with E-state index in [1.54, 1.807) is 35.1 Å². The zero-order valence-electron chi connectivity index (χ0n) is 26.4. The van der Waals surface area contributed by atoms with Gasteiger partial charge in [0, 0.05) is 80.5 Å². The molecule has 0 radical (unpaired) electrons. The minimum absolute atomic E-state index is 0.0666. The van der Waals surface area contributed by atoms with Crippen LogP contribution < -0.4 is 10.6 Å². The first-order valence-corrected chi connectivity index (χ1v) is 16.4. The lowest BCUT2D eigenvalue weighted by Crippen LogP contribution is -2.51.